The number of hydrogen-bond donors (Lipinski definition) is 2. The average molecular weight is 391 g/mol. The van der Waals surface area contributed by atoms with Gasteiger partial charge >= 0.3 is 0 Å². The summed E-state index contributed by atoms with van der Waals surface area (Å²) >= 11 is 0. The molecular formula is C21H21N5O3. The number of anilines is 1. The van der Waals surface area contributed by atoms with Crippen LogP contribution in [0.25, 0.3) is 0 Å². The lowest BCUT2D eigenvalue weighted by molar-refractivity contribution is -0.384. The van der Waals surface area contributed by atoms with Gasteiger partial charge in [0.2, 0.25) is 0 Å². The Kier molecular flexibility index (Phi) is 4.63. The Morgan fingerprint density at radius 3 is 2.72 bits per heavy atom. The number of carbonyl (C=O) groups is 1. The van der Waals surface area contributed by atoms with Crippen LogP contribution in [0, 0.1) is 10.1 Å². The van der Waals surface area contributed by atoms with Crippen LogP contribution >= 0.6 is 0 Å². The molecule has 29 heavy (non-hydrogen) atoms. The fourth-order valence-electron chi connectivity index (χ4n) is 3.69. The highest BCUT2D eigenvalue weighted by atomic mass is 16.6. The molecule has 0 radical (unpaired) electrons. The molecule has 3 aromatic rings. The topological polar surface area (TPSA) is 104 Å². The Balaban J connectivity index is 1.55. The number of fused-ring (bicyclic) bond motifs is 1. The van der Waals surface area contributed by atoms with E-state index < -0.39 is 0 Å². The second kappa shape index (κ2) is 7.14. The van der Waals surface area contributed by atoms with Crippen molar-refractivity contribution in [1.82, 2.24) is 15.1 Å². The van der Waals surface area contributed by atoms with Crippen LogP contribution < -0.4 is 5.32 Å². The van der Waals surface area contributed by atoms with Crippen LogP contribution in [0.15, 0.2) is 54.6 Å². The molecule has 148 valence electrons. The third-order valence-electron chi connectivity index (χ3n) is 5.38. The van der Waals surface area contributed by atoms with Gasteiger partial charge in [0.25, 0.3) is 11.6 Å². The average Bonchev–Trinajstić information content (AvgIpc) is 3.21. The number of nitro benzene ring substituents is 1. The van der Waals surface area contributed by atoms with Crippen molar-refractivity contribution in [2.75, 3.05) is 5.32 Å². The molecule has 0 aliphatic carbocycles. The molecule has 4 rings (SSSR count). The molecule has 0 unspecified atom stereocenters. The number of aromatic nitrogens is 2. The summed E-state index contributed by atoms with van der Waals surface area (Å²) in [5, 5.41) is 21.3. The SMILES string of the molecule is CC1(C)c2[nH]nc(NC(=O)c3ccccc3)c2CN1Cc1cccc([N+](=O)[O-])c1. The summed E-state index contributed by atoms with van der Waals surface area (Å²) in [6.45, 7) is 5.25. The number of benzene rings is 2. The third-order valence-corrected chi connectivity index (χ3v) is 5.38. The van der Waals surface area contributed by atoms with E-state index in [2.05, 4.69) is 34.3 Å². The first-order valence-electron chi connectivity index (χ1n) is 9.29. The number of non-ortho nitro benzene ring substituents is 1. The summed E-state index contributed by atoms with van der Waals surface area (Å²) in [6, 6.07) is 15.6. The highest BCUT2D eigenvalue weighted by Crippen LogP contribution is 2.41. The molecule has 0 bridgehead atoms. The molecule has 1 aromatic heterocycles. The molecule has 2 N–H and O–H groups in total. The number of carbonyl (C=O) groups excluding carboxylic acids is 1. The Morgan fingerprint density at radius 2 is 2.00 bits per heavy atom. The molecule has 0 spiro atoms. The van der Waals surface area contributed by atoms with Gasteiger partial charge in [-0.2, -0.15) is 5.10 Å². The van der Waals surface area contributed by atoms with Gasteiger partial charge < -0.3 is 5.32 Å². The zero-order chi connectivity index (χ0) is 20.6. The van der Waals surface area contributed by atoms with Crippen LogP contribution in [0.3, 0.4) is 0 Å². The highest BCUT2D eigenvalue weighted by Gasteiger charge is 2.41. The predicted octanol–water partition coefficient (Wildman–Crippen LogP) is 3.82. The largest absolute Gasteiger partial charge is 0.305 e. The first kappa shape index (κ1) is 18.8. The van der Waals surface area contributed by atoms with E-state index in [1.807, 2.05) is 24.3 Å². The van der Waals surface area contributed by atoms with Crippen LogP contribution in [0.1, 0.15) is 41.0 Å². The Morgan fingerprint density at radius 1 is 1.24 bits per heavy atom. The molecule has 0 fully saturated rings. The lowest BCUT2D eigenvalue weighted by Crippen LogP contribution is -2.35. The zero-order valence-corrected chi connectivity index (χ0v) is 16.2. The molecule has 2 heterocycles. The molecular weight excluding hydrogens is 370 g/mol. The van der Waals surface area contributed by atoms with Crippen LogP contribution in [0.5, 0.6) is 0 Å². The second-order valence-electron chi connectivity index (χ2n) is 7.59. The predicted molar refractivity (Wildman–Crippen MR) is 108 cm³/mol. The van der Waals surface area contributed by atoms with Crippen molar-refractivity contribution in [3.05, 3.63) is 87.1 Å². The van der Waals surface area contributed by atoms with Gasteiger partial charge in [-0.25, -0.2) is 0 Å². The first-order chi connectivity index (χ1) is 13.9. The lowest BCUT2D eigenvalue weighted by Gasteiger charge is -2.31. The van der Waals surface area contributed by atoms with Crippen LogP contribution in [-0.4, -0.2) is 25.9 Å². The lowest BCUT2D eigenvalue weighted by atomic mass is 10.00. The van der Waals surface area contributed by atoms with Gasteiger partial charge in [-0.1, -0.05) is 30.3 Å². The molecule has 1 aliphatic rings. The van der Waals surface area contributed by atoms with E-state index in [0.717, 1.165) is 16.8 Å². The summed E-state index contributed by atoms with van der Waals surface area (Å²) in [5.41, 5.74) is 3.02. The van der Waals surface area contributed by atoms with Crippen LogP contribution in [-0.2, 0) is 18.6 Å². The molecule has 8 nitrogen and oxygen atoms in total. The summed E-state index contributed by atoms with van der Waals surface area (Å²) in [5.74, 6) is 0.304. The maximum Gasteiger partial charge on any atom is 0.269 e. The van der Waals surface area contributed by atoms with Crippen molar-refractivity contribution < 1.29 is 9.72 Å². The summed E-state index contributed by atoms with van der Waals surface area (Å²) in [4.78, 5) is 25.4. The Bertz CT molecular complexity index is 1070. The summed E-state index contributed by atoms with van der Waals surface area (Å²) in [6.07, 6.45) is 0. The van der Waals surface area contributed by atoms with E-state index in [1.165, 1.54) is 6.07 Å². The van der Waals surface area contributed by atoms with E-state index >= 15 is 0 Å². The van der Waals surface area contributed by atoms with Gasteiger partial charge in [0.05, 0.1) is 16.2 Å². The van der Waals surface area contributed by atoms with E-state index in [-0.39, 0.29) is 22.1 Å². The molecule has 0 atom stereocenters. The van der Waals surface area contributed by atoms with Crippen LogP contribution in [0.2, 0.25) is 0 Å². The molecule has 0 saturated carbocycles. The van der Waals surface area contributed by atoms with Crippen molar-refractivity contribution >= 4 is 17.4 Å². The smallest absolute Gasteiger partial charge is 0.269 e. The molecule has 8 heteroatoms. The fourth-order valence-corrected chi connectivity index (χ4v) is 3.69. The number of H-pyrrole nitrogens is 1. The maximum atomic E-state index is 12.5. The van der Waals surface area contributed by atoms with Crippen molar-refractivity contribution in [3.63, 3.8) is 0 Å². The number of nitrogens with one attached hydrogen (secondary N) is 2. The van der Waals surface area contributed by atoms with E-state index in [1.54, 1.807) is 24.3 Å². The third kappa shape index (κ3) is 3.50. The molecule has 2 aromatic carbocycles. The van der Waals surface area contributed by atoms with Crippen molar-refractivity contribution in [1.29, 1.82) is 0 Å². The van der Waals surface area contributed by atoms with Gasteiger partial charge in [-0.15, -0.1) is 0 Å². The van der Waals surface area contributed by atoms with Gasteiger partial charge in [-0.3, -0.25) is 24.9 Å². The van der Waals surface area contributed by atoms with E-state index in [9.17, 15) is 14.9 Å². The number of aromatic amines is 1. The number of rotatable bonds is 5. The summed E-state index contributed by atoms with van der Waals surface area (Å²) < 4.78 is 0. The minimum Gasteiger partial charge on any atom is -0.305 e. The first-order valence-corrected chi connectivity index (χ1v) is 9.29. The fraction of sp³-hybridized carbons (Fsp3) is 0.238. The van der Waals surface area contributed by atoms with Crippen LogP contribution in [0.4, 0.5) is 11.5 Å². The second-order valence-corrected chi connectivity index (χ2v) is 7.59. The molecule has 1 aliphatic heterocycles. The minimum atomic E-state index is -0.387. The van der Waals surface area contributed by atoms with Crippen molar-refractivity contribution in [3.8, 4) is 0 Å². The minimum absolute atomic E-state index is 0.0792. The number of hydrogen-bond acceptors (Lipinski definition) is 5. The van der Waals surface area contributed by atoms with Crippen molar-refractivity contribution in [2.24, 2.45) is 0 Å². The molecule has 0 saturated heterocycles. The van der Waals surface area contributed by atoms with E-state index in [4.69, 9.17) is 0 Å². The Labute approximate surface area is 167 Å². The Hall–Kier alpha value is -3.52. The van der Waals surface area contributed by atoms with Gasteiger partial charge in [-0.05, 0) is 31.5 Å². The highest BCUT2D eigenvalue weighted by molar-refractivity contribution is 6.04. The summed E-state index contributed by atoms with van der Waals surface area (Å²) in [7, 11) is 0. The number of nitrogens with zero attached hydrogens (tertiary/aromatic N) is 3. The van der Waals surface area contributed by atoms with E-state index in [0.29, 0.717) is 24.5 Å². The number of nitro groups is 1. The maximum absolute atomic E-state index is 12.5. The molecule has 1 amide bonds. The normalized spacial score (nSPS) is 15.1. The zero-order valence-electron chi connectivity index (χ0n) is 16.2. The number of amides is 1. The quantitative estimate of drug-likeness (QED) is 0.508. The standard InChI is InChI=1S/C21H21N5O3/c1-21(2)18-17(13-25(21)12-14-7-6-10-16(11-14)26(28)29)19(24-23-18)22-20(27)15-8-4-3-5-9-15/h3-11H,12-13H2,1-2H3,(H2,22,23,24,27). The van der Waals surface area contributed by atoms with Gasteiger partial charge in [0.1, 0.15) is 0 Å². The van der Waals surface area contributed by atoms with Crippen molar-refractivity contribution in [2.45, 2.75) is 32.5 Å². The van der Waals surface area contributed by atoms with Gasteiger partial charge in [0, 0.05) is 36.3 Å². The monoisotopic (exact) mass is 391 g/mol. The van der Waals surface area contributed by atoms with Gasteiger partial charge in [0.15, 0.2) is 5.82 Å².